The molecule has 3 rings (SSSR count). The minimum absolute atomic E-state index is 0.262. The first-order valence-corrected chi connectivity index (χ1v) is 7.47. The summed E-state index contributed by atoms with van der Waals surface area (Å²) < 4.78 is 1.92. The lowest BCUT2D eigenvalue weighted by Crippen LogP contribution is -2.28. The van der Waals surface area contributed by atoms with Crippen molar-refractivity contribution in [1.29, 1.82) is 0 Å². The van der Waals surface area contributed by atoms with E-state index in [1.54, 1.807) is 0 Å². The second-order valence-corrected chi connectivity index (χ2v) is 6.27. The summed E-state index contributed by atoms with van der Waals surface area (Å²) in [4.78, 5) is 0. The standard InChI is InChI=1S/C14H22ClN3/c1-3-11-14(15)12(18(2)17-11)7-10(16)13-8-5-4-6-9(8)13/h8-10,13H,3-7,16H2,1-2H3. The average Bonchev–Trinajstić information content (AvgIpc) is 2.71. The number of nitrogens with two attached hydrogens (primary N) is 1. The number of halogens is 1. The van der Waals surface area contributed by atoms with Gasteiger partial charge in [-0.3, -0.25) is 4.68 Å². The second kappa shape index (κ2) is 4.53. The maximum atomic E-state index is 6.39. The van der Waals surface area contributed by atoms with Crippen LogP contribution in [-0.2, 0) is 19.9 Å². The first-order chi connectivity index (χ1) is 8.63. The highest BCUT2D eigenvalue weighted by molar-refractivity contribution is 6.31. The summed E-state index contributed by atoms with van der Waals surface area (Å²) in [5.41, 5.74) is 8.50. The van der Waals surface area contributed by atoms with Crippen molar-refractivity contribution < 1.29 is 0 Å². The predicted molar refractivity (Wildman–Crippen MR) is 73.6 cm³/mol. The molecule has 2 fully saturated rings. The Labute approximate surface area is 114 Å². The summed E-state index contributed by atoms with van der Waals surface area (Å²) in [6.07, 6.45) is 5.95. The van der Waals surface area contributed by atoms with Gasteiger partial charge in [-0.2, -0.15) is 5.10 Å². The molecule has 2 N–H and O–H groups in total. The Kier molecular flexibility index (Phi) is 3.15. The van der Waals surface area contributed by atoms with Crippen LogP contribution in [0.15, 0.2) is 0 Å². The maximum Gasteiger partial charge on any atom is 0.0850 e. The number of aryl methyl sites for hydroxylation is 2. The van der Waals surface area contributed by atoms with E-state index < -0.39 is 0 Å². The number of hydrogen-bond acceptors (Lipinski definition) is 2. The van der Waals surface area contributed by atoms with Gasteiger partial charge in [0.1, 0.15) is 0 Å². The molecule has 0 aromatic carbocycles. The number of nitrogens with zero attached hydrogens (tertiary/aromatic N) is 2. The molecular formula is C14H22ClN3. The van der Waals surface area contributed by atoms with E-state index in [-0.39, 0.29) is 6.04 Å². The minimum atomic E-state index is 0.262. The third-order valence-corrected chi connectivity index (χ3v) is 5.34. The number of fused-ring (bicyclic) bond motifs is 1. The van der Waals surface area contributed by atoms with Crippen molar-refractivity contribution in [3.05, 3.63) is 16.4 Å². The maximum absolute atomic E-state index is 6.39. The van der Waals surface area contributed by atoms with Crippen LogP contribution < -0.4 is 5.73 Å². The van der Waals surface area contributed by atoms with Crippen molar-refractivity contribution in [2.75, 3.05) is 0 Å². The van der Waals surface area contributed by atoms with Gasteiger partial charge in [0.25, 0.3) is 0 Å². The molecule has 3 unspecified atom stereocenters. The monoisotopic (exact) mass is 267 g/mol. The van der Waals surface area contributed by atoms with Crippen LogP contribution in [0.4, 0.5) is 0 Å². The zero-order chi connectivity index (χ0) is 12.9. The summed E-state index contributed by atoms with van der Waals surface area (Å²) in [6.45, 7) is 2.09. The van der Waals surface area contributed by atoms with Gasteiger partial charge in [0, 0.05) is 19.5 Å². The third kappa shape index (κ3) is 1.88. The van der Waals surface area contributed by atoms with E-state index in [0.717, 1.165) is 47.0 Å². The Morgan fingerprint density at radius 1 is 1.44 bits per heavy atom. The molecule has 2 aliphatic carbocycles. The van der Waals surface area contributed by atoms with Gasteiger partial charge in [-0.05, 0) is 37.0 Å². The molecule has 0 radical (unpaired) electrons. The molecule has 0 amide bonds. The third-order valence-electron chi connectivity index (χ3n) is 4.90. The van der Waals surface area contributed by atoms with Gasteiger partial charge in [-0.15, -0.1) is 0 Å². The Morgan fingerprint density at radius 3 is 2.67 bits per heavy atom. The van der Waals surface area contributed by atoms with Crippen molar-refractivity contribution in [1.82, 2.24) is 9.78 Å². The highest BCUT2D eigenvalue weighted by Crippen LogP contribution is 2.58. The van der Waals surface area contributed by atoms with Crippen LogP contribution in [0.1, 0.15) is 37.6 Å². The lowest BCUT2D eigenvalue weighted by atomic mass is 10.0. The first-order valence-electron chi connectivity index (χ1n) is 7.09. The molecule has 100 valence electrons. The van der Waals surface area contributed by atoms with E-state index in [9.17, 15) is 0 Å². The van der Waals surface area contributed by atoms with E-state index in [4.69, 9.17) is 17.3 Å². The zero-order valence-corrected chi connectivity index (χ0v) is 12.0. The summed E-state index contributed by atoms with van der Waals surface area (Å²) in [6, 6.07) is 0.262. The zero-order valence-electron chi connectivity index (χ0n) is 11.2. The summed E-state index contributed by atoms with van der Waals surface area (Å²) in [5, 5.41) is 5.30. The Balaban J connectivity index is 1.71. The van der Waals surface area contributed by atoms with Crippen LogP contribution in [0, 0.1) is 17.8 Å². The normalized spacial score (nSPS) is 31.4. The van der Waals surface area contributed by atoms with Crippen molar-refractivity contribution in [2.45, 2.75) is 45.1 Å². The predicted octanol–water partition coefficient (Wildman–Crippen LogP) is 2.55. The molecule has 18 heavy (non-hydrogen) atoms. The van der Waals surface area contributed by atoms with Gasteiger partial charge in [-0.1, -0.05) is 24.9 Å². The molecule has 3 nitrogen and oxygen atoms in total. The molecule has 0 spiro atoms. The van der Waals surface area contributed by atoms with Gasteiger partial charge in [0.15, 0.2) is 0 Å². The van der Waals surface area contributed by atoms with E-state index in [2.05, 4.69) is 12.0 Å². The molecule has 4 heteroatoms. The molecule has 0 aliphatic heterocycles. The number of rotatable bonds is 4. The Bertz CT molecular complexity index is 444. The molecule has 1 heterocycles. The van der Waals surface area contributed by atoms with Crippen molar-refractivity contribution >= 4 is 11.6 Å². The summed E-state index contributed by atoms with van der Waals surface area (Å²) >= 11 is 6.38. The fraction of sp³-hybridized carbons (Fsp3) is 0.786. The van der Waals surface area contributed by atoms with Gasteiger partial charge in [-0.25, -0.2) is 0 Å². The quantitative estimate of drug-likeness (QED) is 0.911. The van der Waals surface area contributed by atoms with Crippen LogP contribution in [0.2, 0.25) is 5.02 Å². The number of aromatic nitrogens is 2. The molecule has 1 aromatic heterocycles. The molecule has 0 bridgehead atoms. The topological polar surface area (TPSA) is 43.8 Å². The molecule has 2 saturated carbocycles. The van der Waals surface area contributed by atoms with Gasteiger partial charge >= 0.3 is 0 Å². The van der Waals surface area contributed by atoms with Crippen LogP contribution in [-0.4, -0.2) is 15.8 Å². The van der Waals surface area contributed by atoms with E-state index in [1.807, 2.05) is 11.7 Å². The van der Waals surface area contributed by atoms with E-state index in [0.29, 0.717) is 0 Å². The van der Waals surface area contributed by atoms with Crippen molar-refractivity contribution in [2.24, 2.45) is 30.5 Å². The highest BCUT2D eigenvalue weighted by atomic mass is 35.5. The number of hydrogen-bond donors (Lipinski definition) is 1. The Hall–Kier alpha value is -0.540. The SMILES string of the molecule is CCc1nn(C)c(CC(N)C2C3CCCC32)c1Cl. The molecule has 3 atom stereocenters. The van der Waals surface area contributed by atoms with Crippen LogP contribution in [0.5, 0.6) is 0 Å². The van der Waals surface area contributed by atoms with Crippen LogP contribution in [0.3, 0.4) is 0 Å². The average molecular weight is 268 g/mol. The second-order valence-electron chi connectivity index (χ2n) is 5.89. The first kappa shape index (κ1) is 12.5. The Morgan fingerprint density at radius 2 is 2.11 bits per heavy atom. The summed E-state index contributed by atoms with van der Waals surface area (Å²) in [5.74, 6) is 2.57. The largest absolute Gasteiger partial charge is 0.327 e. The van der Waals surface area contributed by atoms with Gasteiger partial charge in [0.05, 0.1) is 16.4 Å². The highest BCUT2D eigenvalue weighted by Gasteiger charge is 2.54. The van der Waals surface area contributed by atoms with Crippen LogP contribution >= 0.6 is 11.6 Å². The lowest BCUT2D eigenvalue weighted by Gasteiger charge is -2.14. The molecule has 0 saturated heterocycles. The molecule has 1 aromatic rings. The smallest absolute Gasteiger partial charge is 0.0850 e. The van der Waals surface area contributed by atoms with Crippen LogP contribution in [0.25, 0.3) is 0 Å². The van der Waals surface area contributed by atoms with E-state index >= 15 is 0 Å². The fourth-order valence-electron chi connectivity index (χ4n) is 3.91. The fourth-order valence-corrected chi connectivity index (χ4v) is 4.28. The van der Waals surface area contributed by atoms with Crippen molar-refractivity contribution in [3.8, 4) is 0 Å². The van der Waals surface area contributed by atoms with Gasteiger partial charge < -0.3 is 5.73 Å². The molecule has 2 aliphatic rings. The lowest BCUT2D eigenvalue weighted by molar-refractivity contribution is 0.474. The summed E-state index contributed by atoms with van der Waals surface area (Å²) in [7, 11) is 1.97. The van der Waals surface area contributed by atoms with Crippen molar-refractivity contribution in [3.63, 3.8) is 0 Å². The minimum Gasteiger partial charge on any atom is -0.327 e. The van der Waals surface area contributed by atoms with Gasteiger partial charge in [0.2, 0.25) is 0 Å². The molecular weight excluding hydrogens is 246 g/mol. The van der Waals surface area contributed by atoms with E-state index in [1.165, 1.54) is 19.3 Å².